The standard InChI is InChI=1S/C10H17N5O2/c1-14-11-8-9(13-14)12-10(16)2-3-15-4-6-17-7-5-15/h8H,2-7H2,1H3,(H,12,13,16). The van der Waals surface area contributed by atoms with Gasteiger partial charge in [0.2, 0.25) is 5.91 Å². The molecule has 1 aromatic rings. The van der Waals surface area contributed by atoms with Crippen LogP contribution >= 0.6 is 0 Å². The van der Waals surface area contributed by atoms with Crippen molar-refractivity contribution in [2.45, 2.75) is 6.42 Å². The normalized spacial score (nSPS) is 17.0. The molecule has 0 atom stereocenters. The molecule has 0 saturated carbocycles. The van der Waals surface area contributed by atoms with Crippen LogP contribution in [0.2, 0.25) is 0 Å². The SMILES string of the molecule is Cn1ncc(NC(=O)CCN2CCOCC2)n1. The van der Waals surface area contributed by atoms with Crippen molar-refractivity contribution in [2.24, 2.45) is 7.05 Å². The fourth-order valence-electron chi connectivity index (χ4n) is 1.69. The van der Waals surface area contributed by atoms with Gasteiger partial charge in [-0.15, -0.1) is 5.10 Å². The molecule has 1 amide bonds. The summed E-state index contributed by atoms with van der Waals surface area (Å²) in [6, 6.07) is 0. The lowest BCUT2D eigenvalue weighted by Gasteiger charge is -2.26. The van der Waals surface area contributed by atoms with Gasteiger partial charge in [-0.1, -0.05) is 0 Å². The third kappa shape index (κ3) is 3.79. The van der Waals surface area contributed by atoms with E-state index in [1.165, 1.54) is 11.0 Å². The van der Waals surface area contributed by atoms with Crippen molar-refractivity contribution < 1.29 is 9.53 Å². The van der Waals surface area contributed by atoms with Crippen LogP contribution in [0.15, 0.2) is 6.20 Å². The van der Waals surface area contributed by atoms with Crippen molar-refractivity contribution in [1.29, 1.82) is 0 Å². The number of nitrogens with one attached hydrogen (secondary N) is 1. The van der Waals surface area contributed by atoms with E-state index < -0.39 is 0 Å². The van der Waals surface area contributed by atoms with Crippen LogP contribution < -0.4 is 5.32 Å². The molecule has 7 heteroatoms. The zero-order chi connectivity index (χ0) is 12.1. The van der Waals surface area contributed by atoms with Crippen molar-refractivity contribution in [2.75, 3.05) is 38.2 Å². The highest BCUT2D eigenvalue weighted by Crippen LogP contribution is 2.01. The summed E-state index contributed by atoms with van der Waals surface area (Å²) in [5, 5.41) is 10.6. The third-order valence-electron chi connectivity index (χ3n) is 2.63. The number of carbonyl (C=O) groups excluding carboxylic acids is 1. The molecular weight excluding hydrogens is 222 g/mol. The van der Waals surface area contributed by atoms with Crippen LogP contribution in [0, 0.1) is 0 Å². The number of ether oxygens (including phenoxy) is 1. The van der Waals surface area contributed by atoms with E-state index in [1.54, 1.807) is 7.05 Å². The Kier molecular flexibility index (Phi) is 4.05. The van der Waals surface area contributed by atoms with Gasteiger partial charge in [-0.05, 0) is 0 Å². The van der Waals surface area contributed by atoms with E-state index in [-0.39, 0.29) is 5.91 Å². The Labute approximate surface area is 99.7 Å². The first-order valence-corrected chi connectivity index (χ1v) is 5.70. The average molecular weight is 239 g/mol. The molecule has 2 heterocycles. The molecule has 1 aliphatic rings. The minimum absolute atomic E-state index is 0.0306. The first-order valence-electron chi connectivity index (χ1n) is 5.70. The second-order valence-corrected chi connectivity index (χ2v) is 3.97. The summed E-state index contributed by atoms with van der Waals surface area (Å²) in [7, 11) is 1.71. The maximum absolute atomic E-state index is 11.6. The second kappa shape index (κ2) is 5.74. The fraction of sp³-hybridized carbons (Fsp3) is 0.700. The van der Waals surface area contributed by atoms with Crippen molar-refractivity contribution in [1.82, 2.24) is 19.9 Å². The Morgan fingerprint density at radius 2 is 2.29 bits per heavy atom. The number of anilines is 1. The monoisotopic (exact) mass is 239 g/mol. The molecule has 2 rings (SSSR count). The van der Waals surface area contributed by atoms with Crippen LogP contribution in [0.5, 0.6) is 0 Å². The first-order chi connectivity index (χ1) is 8.24. The van der Waals surface area contributed by atoms with Gasteiger partial charge in [0.05, 0.1) is 19.4 Å². The number of carbonyl (C=O) groups is 1. The molecule has 1 saturated heterocycles. The van der Waals surface area contributed by atoms with E-state index in [2.05, 4.69) is 20.4 Å². The van der Waals surface area contributed by atoms with Gasteiger partial charge in [-0.25, -0.2) is 0 Å². The summed E-state index contributed by atoms with van der Waals surface area (Å²) in [5.74, 6) is 0.469. The van der Waals surface area contributed by atoms with Crippen LogP contribution in [0.3, 0.4) is 0 Å². The van der Waals surface area contributed by atoms with Gasteiger partial charge in [0.1, 0.15) is 0 Å². The molecule has 94 valence electrons. The summed E-state index contributed by atoms with van der Waals surface area (Å²) in [4.78, 5) is 15.3. The Morgan fingerprint density at radius 1 is 1.53 bits per heavy atom. The van der Waals surface area contributed by atoms with Crippen LogP contribution in [0.4, 0.5) is 5.82 Å². The highest BCUT2D eigenvalue weighted by molar-refractivity contribution is 5.89. The maximum atomic E-state index is 11.6. The summed E-state index contributed by atoms with van der Waals surface area (Å²) in [5.41, 5.74) is 0. The molecule has 17 heavy (non-hydrogen) atoms. The van der Waals surface area contributed by atoms with Crippen LogP contribution in [0.1, 0.15) is 6.42 Å². The number of rotatable bonds is 4. The van der Waals surface area contributed by atoms with Gasteiger partial charge < -0.3 is 10.1 Å². The van der Waals surface area contributed by atoms with E-state index in [0.29, 0.717) is 12.2 Å². The van der Waals surface area contributed by atoms with E-state index >= 15 is 0 Å². The number of aryl methyl sites for hydroxylation is 1. The molecule has 1 aromatic heterocycles. The molecule has 1 N–H and O–H groups in total. The Balaban J connectivity index is 1.70. The molecule has 0 bridgehead atoms. The van der Waals surface area contributed by atoms with E-state index in [4.69, 9.17) is 4.74 Å². The summed E-state index contributed by atoms with van der Waals surface area (Å²) in [6.45, 7) is 4.07. The number of nitrogens with zero attached hydrogens (tertiary/aromatic N) is 4. The molecule has 0 radical (unpaired) electrons. The quantitative estimate of drug-likeness (QED) is 0.765. The Bertz CT molecular complexity index is 373. The summed E-state index contributed by atoms with van der Waals surface area (Å²) < 4.78 is 5.24. The minimum atomic E-state index is -0.0306. The maximum Gasteiger partial charge on any atom is 0.226 e. The molecular formula is C10H17N5O2. The highest BCUT2D eigenvalue weighted by Gasteiger charge is 2.12. The molecule has 1 fully saturated rings. The number of amides is 1. The fourth-order valence-corrected chi connectivity index (χ4v) is 1.69. The zero-order valence-corrected chi connectivity index (χ0v) is 9.93. The van der Waals surface area contributed by atoms with Crippen LogP contribution in [-0.2, 0) is 16.6 Å². The molecule has 0 spiro atoms. The van der Waals surface area contributed by atoms with Gasteiger partial charge in [0.25, 0.3) is 0 Å². The minimum Gasteiger partial charge on any atom is -0.379 e. The molecule has 0 unspecified atom stereocenters. The van der Waals surface area contributed by atoms with Crippen molar-refractivity contribution >= 4 is 11.7 Å². The van der Waals surface area contributed by atoms with Gasteiger partial charge in [0, 0.05) is 33.1 Å². The van der Waals surface area contributed by atoms with Gasteiger partial charge >= 0.3 is 0 Å². The van der Waals surface area contributed by atoms with E-state index in [9.17, 15) is 4.79 Å². The van der Waals surface area contributed by atoms with E-state index in [1.807, 2.05) is 0 Å². The molecule has 1 aliphatic heterocycles. The largest absolute Gasteiger partial charge is 0.379 e. The Hall–Kier alpha value is -1.47. The Morgan fingerprint density at radius 3 is 2.94 bits per heavy atom. The predicted octanol–water partition coefficient (Wildman–Crippen LogP) is -0.524. The van der Waals surface area contributed by atoms with Crippen LogP contribution in [0.25, 0.3) is 0 Å². The number of hydrogen-bond acceptors (Lipinski definition) is 5. The lowest BCUT2D eigenvalue weighted by Crippen LogP contribution is -2.38. The first kappa shape index (κ1) is 12.0. The van der Waals surface area contributed by atoms with Gasteiger partial charge in [0.15, 0.2) is 5.82 Å². The third-order valence-corrected chi connectivity index (χ3v) is 2.63. The number of hydrogen-bond donors (Lipinski definition) is 1. The highest BCUT2D eigenvalue weighted by atomic mass is 16.5. The summed E-state index contributed by atoms with van der Waals surface area (Å²) in [6.07, 6.45) is 2.00. The van der Waals surface area contributed by atoms with E-state index in [0.717, 1.165) is 32.8 Å². The lowest BCUT2D eigenvalue weighted by atomic mass is 10.3. The van der Waals surface area contributed by atoms with Crippen molar-refractivity contribution in [3.63, 3.8) is 0 Å². The van der Waals surface area contributed by atoms with Gasteiger partial charge in [-0.3, -0.25) is 9.69 Å². The molecule has 0 aromatic carbocycles. The smallest absolute Gasteiger partial charge is 0.226 e. The second-order valence-electron chi connectivity index (χ2n) is 3.97. The summed E-state index contributed by atoms with van der Waals surface area (Å²) >= 11 is 0. The number of morpholine rings is 1. The van der Waals surface area contributed by atoms with Crippen LogP contribution in [-0.4, -0.2) is 58.6 Å². The van der Waals surface area contributed by atoms with Crippen molar-refractivity contribution in [3.8, 4) is 0 Å². The van der Waals surface area contributed by atoms with Gasteiger partial charge in [-0.2, -0.15) is 9.90 Å². The molecule has 7 nitrogen and oxygen atoms in total. The topological polar surface area (TPSA) is 72.3 Å². The zero-order valence-electron chi connectivity index (χ0n) is 9.93. The van der Waals surface area contributed by atoms with Crippen molar-refractivity contribution in [3.05, 3.63) is 6.20 Å². The predicted molar refractivity (Wildman–Crippen MR) is 61.5 cm³/mol. The lowest BCUT2D eigenvalue weighted by molar-refractivity contribution is -0.116. The number of aromatic nitrogens is 3. The average Bonchev–Trinajstić information content (AvgIpc) is 2.73. The molecule has 0 aliphatic carbocycles.